The number of aryl methyl sites for hydroxylation is 4. The lowest BCUT2D eigenvalue weighted by Crippen LogP contribution is -2.13. The third-order valence-corrected chi connectivity index (χ3v) is 6.79. The first-order valence-electron chi connectivity index (χ1n) is 13.2. The Hall–Kier alpha value is -4.96. The van der Waals surface area contributed by atoms with Crippen LogP contribution < -0.4 is 9.47 Å². The summed E-state index contributed by atoms with van der Waals surface area (Å²) in [6, 6.07) is 34.3. The molecule has 5 aromatic carbocycles. The van der Waals surface area contributed by atoms with Crippen molar-refractivity contribution in [2.75, 3.05) is 0 Å². The van der Waals surface area contributed by atoms with E-state index in [0.29, 0.717) is 11.5 Å². The molecule has 0 amide bonds. The number of esters is 2. The van der Waals surface area contributed by atoms with Crippen molar-refractivity contribution in [3.63, 3.8) is 0 Å². The maximum atomic E-state index is 13.0. The first-order valence-corrected chi connectivity index (χ1v) is 13.2. The van der Waals surface area contributed by atoms with Crippen molar-refractivity contribution in [2.45, 2.75) is 27.7 Å². The van der Waals surface area contributed by atoms with Crippen molar-refractivity contribution in [1.82, 2.24) is 0 Å². The zero-order chi connectivity index (χ0) is 28.2. The summed E-state index contributed by atoms with van der Waals surface area (Å²) in [5.41, 5.74) is 8.88. The molecule has 40 heavy (non-hydrogen) atoms. The van der Waals surface area contributed by atoms with Crippen molar-refractivity contribution in [3.05, 3.63) is 143 Å². The van der Waals surface area contributed by atoms with Gasteiger partial charge in [0.1, 0.15) is 11.5 Å². The Kier molecular flexibility index (Phi) is 7.61. The predicted octanol–water partition coefficient (Wildman–Crippen LogP) is 8.69. The fourth-order valence-electron chi connectivity index (χ4n) is 4.63. The summed E-state index contributed by atoms with van der Waals surface area (Å²) in [5, 5.41) is 0. The molecule has 0 fully saturated rings. The molecule has 0 aliphatic rings. The van der Waals surface area contributed by atoms with Crippen LogP contribution in [-0.2, 0) is 0 Å². The van der Waals surface area contributed by atoms with Gasteiger partial charge in [-0.25, -0.2) is 9.59 Å². The van der Waals surface area contributed by atoms with Crippen molar-refractivity contribution in [3.8, 4) is 33.8 Å². The fraction of sp³-hybridized carbons (Fsp3) is 0.111. The van der Waals surface area contributed by atoms with Crippen molar-refractivity contribution in [2.24, 2.45) is 0 Å². The van der Waals surface area contributed by atoms with Gasteiger partial charge in [0.2, 0.25) is 0 Å². The van der Waals surface area contributed by atoms with E-state index >= 15 is 0 Å². The SMILES string of the molecule is Cc1cccc(-c2ccc(OC(=O)c3cccc(C(=O)Oc4ccc(-c5cccc(C)c5)cc4C)c3)c(C)c2)c1. The predicted molar refractivity (Wildman–Crippen MR) is 159 cm³/mol. The molecule has 0 aromatic heterocycles. The zero-order valence-electron chi connectivity index (χ0n) is 23.0. The van der Waals surface area contributed by atoms with E-state index in [0.717, 1.165) is 33.4 Å². The second kappa shape index (κ2) is 11.4. The lowest BCUT2D eigenvalue weighted by molar-refractivity contribution is 0.0733. The van der Waals surface area contributed by atoms with Crippen molar-refractivity contribution in [1.29, 1.82) is 0 Å². The van der Waals surface area contributed by atoms with Gasteiger partial charge in [0, 0.05) is 0 Å². The molecule has 0 radical (unpaired) electrons. The largest absolute Gasteiger partial charge is 0.423 e. The lowest BCUT2D eigenvalue weighted by Gasteiger charge is -2.12. The van der Waals surface area contributed by atoms with Gasteiger partial charge in [0.05, 0.1) is 11.1 Å². The van der Waals surface area contributed by atoms with Crippen LogP contribution in [0, 0.1) is 27.7 Å². The summed E-state index contributed by atoms with van der Waals surface area (Å²) in [5.74, 6) is -0.142. The number of carbonyl (C=O) groups excluding carboxylic acids is 2. The van der Waals surface area contributed by atoms with Crippen LogP contribution in [0.25, 0.3) is 22.3 Å². The average Bonchev–Trinajstić information content (AvgIpc) is 2.95. The van der Waals surface area contributed by atoms with Crippen LogP contribution in [0.2, 0.25) is 0 Å². The number of hydrogen-bond donors (Lipinski definition) is 0. The number of ether oxygens (including phenoxy) is 2. The third kappa shape index (κ3) is 6.02. The summed E-state index contributed by atoms with van der Waals surface area (Å²) in [7, 11) is 0. The number of hydrogen-bond acceptors (Lipinski definition) is 4. The second-order valence-corrected chi connectivity index (χ2v) is 10.1. The van der Waals surface area contributed by atoms with Gasteiger partial charge in [0.25, 0.3) is 0 Å². The van der Waals surface area contributed by atoms with Gasteiger partial charge in [0.15, 0.2) is 0 Å². The van der Waals surface area contributed by atoms with E-state index in [1.54, 1.807) is 30.3 Å². The summed E-state index contributed by atoms with van der Waals surface area (Å²) in [6.45, 7) is 7.92. The number of benzene rings is 5. The van der Waals surface area contributed by atoms with Gasteiger partial charge in [-0.15, -0.1) is 0 Å². The van der Waals surface area contributed by atoms with E-state index in [1.165, 1.54) is 17.2 Å². The molecular weight excluding hydrogens is 496 g/mol. The molecule has 5 rings (SSSR count). The molecule has 0 unspecified atom stereocenters. The summed E-state index contributed by atoms with van der Waals surface area (Å²) >= 11 is 0. The molecule has 0 saturated heterocycles. The van der Waals surface area contributed by atoms with E-state index in [4.69, 9.17) is 9.47 Å². The molecule has 0 N–H and O–H groups in total. The Morgan fingerprint density at radius 2 is 0.850 bits per heavy atom. The highest BCUT2D eigenvalue weighted by Crippen LogP contribution is 2.29. The molecule has 0 saturated carbocycles. The Morgan fingerprint density at radius 1 is 0.450 bits per heavy atom. The van der Waals surface area contributed by atoms with Crippen LogP contribution in [-0.4, -0.2) is 11.9 Å². The van der Waals surface area contributed by atoms with Crippen molar-refractivity contribution < 1.29 is 19.1 Å². The first-order chi connectivity index (χ1) is 19.3. The van der Waals surface area contributed by atoms with E-state index in [-0.39, 0.29) is 11.1 Å². The average molecular weight is 527 g/mol. The maximum absolute atomic E-state index is 13.0. The topological polar surface area (TPSA) is 52.6 Å². The monoisotopic (exact) mass is 526 g/mol. The second-order valence-electron chi connectivity index (χ2n) is 10.1. The van der Waals surface area contributed by atoms with Crippen LogP contribution in [0.5, 0.6) is 11.5 Å². The molecular formula is C36H30O4. The minimum absolute atomic E-state index is 0.267. The standard InChI is InChI=1S/C36H30O4/c1-23-8-5-10-27(18-23)29-14-16-33(25(3)20-29)39-35(37)31-12-7-13-32(22-31)36(38)40-34-17-15-30(21-26(34)4)28-11-6-9-24(2)19-28/h5-22H,1-4H3. The van der Waals surface area contributed by atoms with Gasteiger partial charge in [-0.3, -0.25) is 0 Å². The Bertz CT molecular complexity index is 1610. The highest BCUT2D eigenvalue weighted by molar-refractivity contribution is 5.97. The van der Waals surface area contributed by atoms with Crippen LogP contribution in [0.4, 0.5) is 0 Å². The first kappa shape index (κ1) is 26.6. The van der Waals surface area contributed by atoms with Gasteiger partial charge >= 0.3 is 11.9 Å². The van der Waals surface area contributed by atoms with Crippen LogP contribution >= 0.6 is 0 Å². The minimum atomic E-state index is -0.542. The third-order valence-electron chi connectivity index (χ3n) is 6.79. The van der Waals surface area contributed by atoms with Gasteiger partial charge in [-0.2, -0.15) is 0 Å². The molecule has 4 nitrogen and oxygen atoms in total. The highest BCUT2D eigenvalue weighted by Gasteiger charge is 2.16. The maximum Gasteiger partial charge on any atom is 0.343 e. The molecule has 0 aliphatic heterocycles. The van der Waals surface area contributed by atoms with Gasteiger partial charge in [-0.1, -0.05) is 77.9 Å². The van der Waals surface area contributed by atoms with Crippen LogP contribution in [0.15, 0.2) is 109 Å². The van der Waals surface area contributed by atoms with Crippen LogP contribution in [0.1, 0.15) is 43.0 Å². The zero-order valence-corrected chi connectivity index (χ0v) is 23.0. The molecule has 0 spiro atoms. The number of rotatable bonds is 6. The Morgan fingerprint density at radius 3 is 1.25 bits per heavy atom. The Labute approximate surface area is 234 Å². The number of carbonyl (C=O) groups is 2. The summed E-state index contributed by atoms with van der Waals surface area (Å²) in [6.07, 6.45) is 0. The molecule has 0 heterocycles. The highest BCUT2D eigenvalue weighted by atomic mass is 16.5. The fourth-order valence-corrected chi connectivity index (χ4v) is 4.63. The van der Waals surface area contributed by atoms with E-state index in [1.807, 2.05) is 50.2 Å². The van der Waals surface area contributed by atoms with Gasteiger partial charge in [-0.05, 0) is 104 Å². The molecule has 4 heteroatoms. The van der Waals surface area contributed by atoms with E-state index < -0.39 is 11.9 Å². The summed E-state index contributed by atoms with van der Waals surface area (Å²) < 4.78 is 11.4. The minimum Gasteiger partial charge on any atom is -0.423 e. The molecule has 0 aliphatic carbocycles. The molecule has 0 bridgehead atoms. The smallest absolute Gasteiger partial charge is 0.343 e. The molecule has 5 aromatic rings. The van der Waals surface area contributed by atoms with E-state index in [9.17, 15) is 9.59 Å². The van der Waals surface area contributed by atoms with Crippen molar-refractivity contribution >= 4 is 11.9 Å². The molecule has 198 valence electrons. The Balaban J connectivity index is 1.29. The molecule has 0 atom stereocenters. The summed E-state index contributed by atoms with van der Waals surface area (Å²) in [4.78, 5) is 25.9. The lowest BCUT2D eigenvalue weighted by atomic mass is 10.0. The quantitative estimate of drug-likeness (QED) is 0.164. The van der Waals surface area contributed by atoms with Gasteiger partial charge < -0.3 is 9.47 Å². The van der Waals surface area contributed by atoms with Crippen LogP contribution in [0.3, 0.4) is 0 Å². The normalized spacial score (nSPS) is 10.7. The van der Waals surface area contributed by atoms with E-state index in [2.05, 4.69) is 50.2 Å².